The molecule has 37 heavy (non-hydrogen) atoms. The lowest BCUT2D eigenvalue weighted by molar-refractivity contribution is -0.141. The molecule has 0 unspecified atom stereocenters. The minimum atomic E-state index is -1.14. The number of phenolic OH excluding ortho intramolecular Hbond substituents is 1. The molecule has 204 valence electrons. The number of aliphatic hydroxyl groups excluding tert-OH is 1. The fourth-order valence-corrected chi connectivity index (χ4v) is 9.39. The Bertz CT molecular complexity index is 1080. The SMILES string of the molecule is CCCCCc1cccc(O)c1C1=N[C@H]([C@@H]2SC[C@@H]([C@@H](O)C(C)(C)C3=N[C@@](C)(C(=O)O)CS3)N2C)CS1. The summed E-state index contributed by atoms with van der Waals surface area (Å²) >= 11 is 4.96. The molecule has 3 N–H and O–H groups in total. The maximum Gasteiger partial charge on any atom is 0.332 e. The first-order chi connectivity index (χ1) is 17.5. The van der Waals surface area contributed by atoms with Gasteiger partial charge in [-0.15, -0.1) is 35.3 Å². The Morgan fingerprint density at radius 1 is 1.27 bits per heavy atom. The first-order valence-corrected chi connectivity index (χ1v) is 16.0. The average molecular weight is 566 g/mol. The number of aliphatic carboxylic acids is 1. The van der Waals surface area contributed by atoms with Gasteiger partial charge in [0.2, 0.25) is 0 Å². The summed E-state index contributed by atoms with van der Waals surface area (Å²) in [4.78, 5) is 23.5. The summed E-state index contributed by atoms with van der Waals surface area (Å²) in [7, 11) is 2.05. The summed E-state index contributed by atoms with van der Waals surface area (Å²) in [6, 6.07) is 5.73. The highest BCUT2D eigenvalue weighted by molar-refractivity contribution is 8.15. The summed E-state index contributed by atoms with van der Waals surface area (Å²) < 4.78 is 0. The molecular formula is C27H39N3O4S3. The number of aliphatic imine (C=N–C) groups is 2. The summed E-state index contributed by atoms with van der Waals surface area (Å²) in [5, 5.41) is 33.5. The van der Waals surface area contributed by atoms with Crippen LogP contribution in [0.2, 0.25) is 0 Å². The van der Waals surface area contributed by atoms with E-state index in [0.29, 0.717) is 16.5 Å². The van der Waals surface area contributed by atoms with E-state index in [1.807, 2.05) is 38.7 Å². The van der Waals surface area contributed by atoms with E-state index in [-0.39, 0.29) is 17.5 Å². The number of hydrogen-bond donors (Lipinski definition) is 3. The number of thioether (sulfide) groups is 3. The molecule has 0 spiro atoms. The molecule has 0 aromatic heterocycles. The number of carboxylic acids is 1. The number of carbonyl (C=O) groups is 1. The molecule has 3 heterocycles. The zero-order valence-corrected chi connectivity index (χ0v) is 24.8. The maximum absolute atomic E-state index is 11.7. The molecule has 4 rings (SSSR count). The van der Waals surface area contributed by atoms with Crippen molar-refractivity contribution in [2.24, 2.45) is 15.4 Å². The van der Waals surface area contributed by atoms with E-state index in [0.717, 1.165) is 46.9 Å². The molecule has 1 fully saturated rings. The predicted octanol–water partition coefficient (Wildman–Crippen LogP) is 4.74. The van der Waals surface area contributed by atoms with Crippen molar-refractivity contribution >= 4 is 51.3 Å². The third-order valence-electron chi connectivity index (χ3n) is 7.71. The number of carboxylic acid groups (broad SMARTS) is 1. The van der Waals surface area contributed by atoms with E-state index in [1.54, 1.807) is 24.8 Å². The van der Waals surface area contributed by atoms with Crippen LogP contribution in [0.3, 0.4) is 0 Å². The van der Waals surface area contributed by atoms with Crippen molar-refractivity contribution in [1.82, 2.24) is 4.90 Å². The second-order valence-electron chi connectivity index (χ2n) is 11.0. The Labute approximate surface area is 233 Å². The number of rotatable bonds is 10. The van der Waals surface area contributed by atoms with Crippen LogP contribution in [0.15, 0.2) is 28.2 Å². The van der Waals surface area contributed by atoms with E-state index >= 15 is 0 Å². The van der Waals surface area contributed by atoms with Gasteiger partial charge in [-0.2, -0.15) is 0 Å². The summed E-state index contributed by atoms with van der Waals surface area (Å²) in [5.41, 5.74) is 0.243. The number of hydrogen-bond acceptors (Lipinski definition) is 9. The van der Waals surface area contributed by atoms with Crippen LogP contribution in [0.1, 0.15) is 58.1 Å². The van der Waals surface area contributed by atoms with E-state index in [4.69, 9.17) is 4.99 Å². The molecular weight excluding hydrogens is 527 g/mol. The highest BCUT2D eigenvalue weighted by Crippen LogP contribution is 2.44. The van der Waals surface area contributed by atoms with Crippen LogP contribution in [-0.4, -0.2) is 89.7 Å². The highest BCUT2D eigenvalue weighted by Gasteiger charge is 2.50. The standard InChI is InChI=1S/C27H39N3O4S3/c1-6-7-8-10-16-11-9-12-19(31)20(16)22-28-17(13-35-22)23-30(5)18(14-36-23)21(32)26(2,3)24-29-27(4,15-37-24)25(33)34/h9,11-12,17-18,21,23,31-32H,6-8,10,13-15H2,1-5H3,(H,33,34)/t17-,18-,21+,23-,27+/m0/s1. The number of benzene rings is 1. The lowest BCUT2D eigenvalue weighted by atomic mass is 9.83. The maximum atomic E-state index is 11.7. The topological polar surface area (TPSA) is 106 Å². The minimum absolute atomic E-state index is 0.0620. The molecule has 0 bridgehead atoms. The van der Waals surface area contributed by atoms with Crippen molar-refractivity contribution in [2.45, 2.75) is 82.5 Å². The van der Waals surface area contributed by atoms with Crippen molar-refractivity contribution < 1.29 is 20.1 Å². The molecule has 1 aromatic carbocycles. The largest absolute Gasteiger partial charge is 0.507 e. The van der Waals surface area contributed by atoms with Crippen molar-refractivity contribution in [3.8, 4) is 5.75 Å². The number of phenols is 1. The third kappa shape index (κ3) is 5.73. The van der Waals surface area contributed by atoms with Gasteiger partial charge in [0.15, 0.2) is 5.54 Å². The van der Waals surface area contributed by atoms with Gasteiger partial charge in [-0.1, -0.05) is 45.7 Å². The van der Waals surface area contributed by atoms with Gasteiger partial charge < -0.3 is 15.3 Å². The van der Waals surface area contributed by atoms with E-state index in [1.165, 1.54) is 18.2 Å². The van der Waals surface area contributed by atoms with Gasteiger partial charge >= 0.3 is 5.97 Å². The quantitative estimate of drug-likeness (QED) is 0.350. The normalized spacial score (nSPS) is 29.4. The van der Waals surface area contributed by atoms with Gasteiger partial charge in [-0.3, -0.25) is 14.9 Å². The number of aromatic hydroxyl groups is 1. The van der Waals surface area contributed by atoms with Gasteiger partial charge in [0, 0.05) is 28.7 Å². The smallest absolute Gasteiger partial charge is 0.332 e. The molecule has 1 saturated heterocycles. The Hall–Kier alpha value is -1.20. The third-order valence-corrected chi connectivity index (χ3v) is 11.9. The molecule has 3 aliphatic rings. The lowest BCUT2D eigenvalue weighted by Gasteiger charge is -2.38. The fraction of sp³-hybridized carbons (Fsp3) is 0.667. The van der Waals surface area contributed by atoms with Crippen LogP contribution in [-0.2, 0) is 11.2 Å². The first kappa shape index (κ1) is 28.8. The Morgan fingerprint density at radius 2 is 2.03 bits per heavy atom. The van der Waals surface area contributed by atoms with Crippen LogP contribution in [0.4, 0.5) is 0 Å². The zero-order valence-electron chi connectivity index (χ0n) is 22.3. The van der Waals surface area contributed by atoms with Crippen molar-refractivity contribution in [3.63, 3.8) is 0 Å². The molecule has 5 atom stereocenters. The summed E-state index contributed by atoms with van der Waals surface area (Å²) in [5.74, 6) is 1.36. The second kappa shape index (κ2) is 11.5. The average Bonchev–Trinajstić information content (AvgIpc) is 3.58. The van der Waals surface area contributed by atoms with Gasteiger partial charge in [-0.05, 0) is 38.4 Å². The van der Waals surface area contributed by atoms with E-state index < -0.39 is 23.0 Å². The Balaban J connectivity index is 1.48. The van der Waals surface area contributed by atoms with Gasteiger partial charge in [0.05, 0.1) is 28.1 Å². The lowest BCUT2D eigenvalue weighted by Crippen LogP contribution is -2.51. The number of aliphatic hydroxyl groups is 1. The molecule has 0 amide bonds. The minimum Gasteiger partial charge on any atom is -0.507 e. The fourth-order valence-electron chi connectivity index (χ4n) is 5.14. The van der Waals surface area contributed by atoms with Crippen molar-refractivity contribution in [2.75, 3.05) is 24.3 Å². The molecule has 0 aliphatic carbocycles. The number of unbranched alkanes of at least 4 members (excludes halogenated alkanes) is 2. The first-order valence-electron chi connectivity index (χ1n) is 13.0. The molecule has 7 nitrogen and oxygen atoms in total. The second-order valence-corrected chi connectivity index (χ2v) is 14.1. The Morgan fingerprint density at radius 3 is 2.70 bits per heavy atom. The van der Waals surface area contributed by atoms with Crippen LogP contribution >= 0.6 is 35.3 Å². The molecule has 1 aromatic rings. The molecule has 10 heteroatoms. The van der Waals surface area contributed by atoms with Crippen molar-refractivity contribution in [1.29, 1.82) is 0 Å². The van der Waals surface area contributed by atoms with Crippen LogP contribution in [0.5, 0.6) is 5.75 Å². The molecule has 3 aliphatic heterocycles. The Kier molecular flexibility index (Phi) is 8.95. The highest BCUT2D eigenvalue weighted by atomic mass is 32.2. The van der Waals surface area contributed by atoms with Gasteiger partial charge in [0.25, 0.3) is 0 Å². The van der Waals surface area contributed by atoms with Gasteiger partial charge in [0.1, 0.15) is 10.8 Å². The van der Waals surface area contributed by atoms with Crippen LogP contribution in [0, 0.1) is 5.41 Å². The molecule has 0 saturated carbocycles. The van der Waals surface area contributed by atoms with Crippen LogP contribution < -0.4 is 0 Å². The number of aryl methyl sites for hydroxylation is 1. The van der Waals surface area contributed by atoms with E-state index in [2.05, 4.69) is 22.9 Å². The number of nitrogens with zero attached hydrogens (tertiary/aromatic N) is 3. The summed E-state index contributed by atoms with van der Waals surface area (Å²) in [6.07, 6.45) is 3.66. The predicted molar refractivity (Wildman–Crippen MR) is 158 cm³/mol. The monoisotopic (exact) mass is 565 g/mol. The zero-order chi connectivity index (χ0) is 27.0. The summed E-state index contributed by atoms with van der Waals surface area (Å²) in [6.45, 7) is 7.75. The number of likely N-dealkylation sites (N-methyl/N-ethyl adjacent to an activating group) is 1. The van der Waals surface area contributed by atoms with E-state index in [9.17, 15) is 20.1 Å². The van der Waals surface area contributed by atoms with Crippen LogP contribution in [0.25, 0.3) is 0 Å². The van der Waals surface area contributed by atoms with Crippen molar-refractivity contribution in [3.05, 3.63) is 29.3 Å². The molecule has 0 radical (unpaired) electrons. The van der Waals surface area contributed by atoms with Gasteiger partial charge in [-0.25, -0.2) is 4.79 Å².